The fourth-order valence-electron chi connectivity index (χ4n) is 2.14. The lowest BCUT2D eigenvalue weighted by atomic mass is 10.0. The fraction of sp³-hybridized carbons (Fsp3) is 0.0667. The molecule has 2 N–H and O–H groups in total. The second kappa shape index (κ2) is 5.38. The van der Waals surface area contributed by atoms with Crippen LogP contribution in [-0.2, 0) is 4.79 Å². The van der Waals surface area contributed by atoms with E-state index in [1.807, 2.05) is 0 Å². The van der Waals surface area contributed by atoms with Crippen LogP contribution >= 0.6 is 15.9 Å². The molecule has 1 aliphatic heterocycles. The maximum Gasteiger partial charge on any atom is 0.276 e. The lowest BCUT2D eigenvalue weighted by Gasteiger charge is -2.10. The first-order valence-corrected chi connectivity index (χ1v) is 6.97. The van der Waals surface area contributed by atoms with Gasteiger partial charge in [-0.1, -0.05) is 28.1 Å². The van der Waals surface area contributed by atoms with Crippen molar-refractivity contribution in [2.24, 2.45) is 4.99 Å². The second-order valence-electron chi connectivity index (χ2n) is 4.51. The summed E-state index contributed by atoms with van der Waals surface area (Å²) in [4.78, 5) is 15.7. The number of anilines is 1. The van der Waals surface area contributed by atoms with Gasteiger partial charge in [-0.05, 0) is 30.3 Å². The number of halogens is 2. The van der Waals surface area contributed by atoms with Gasteiger partial charge in [0.15, 0.2) is 0 Å². The van der Waals surface area contributed by atoms with E-state index in [1.54, 1.807) is 36.4 Å². The fourth-order valence-corrected chi connectivity index (χ4v) is 2.50. The van der Waals surface area contributed by atoms with Gasteiger partial charge in [0.05, 0.1) is 11.4 Å². The molecular formula is C15H10BrFN2O2. The highest BCUT2D eigenvalue weighted by Gasteiger charge is 2.25. The van der Waals surface area contributed by atoms with Crippen molar-refractivity contribution in [2.45, 2.75) is 6.23 Å². The van der Waals surface area contributed by atoms with Crippen LogP contribution in [0.2, 0.25) is 0 Å². The number of aliphatic imine (C=N–C) groups is 1. The molecule has 2 aromatic rings. The Balaban J connectivity index is 2.27. The average molecular weight is 349 g/mol. The van der Waals surface area contributed by atoms with Gasteiger partial charge in [0.2, 0.25) is 6.23 Å². The van der Waals surface area contributed by atoms with E-state index in [0.717, 1.165) is 4.47 Å². The number of fused-ring (bicyclic) bond motifs is 1. The summed E-state index contributed by atoms with van der Waals surface area (Å²) in [5.41, 5.74) is 1.48. The SMILES string of the molecule is O=C1Nc2ccc(Br)cc2C(c2ccccc2F)=N[C@@H]1O. The maximum atomic E-state index is 14.0. The van der Waals surface area contributed by atoms with E-state index in [-0.39, 0.29) is 11.3 Å². The standard InChI is InChI=1S/C15H10BrFN2O2/c16-8-5-6-12-10(7-8)13(19-15(21)14(20)18-12)9-3-1-2-4-11(9)17/h1-7,15,21H,(H,18,20)/t15-/m1/s1. The van der Waals surface area contributed by atoms with Crippen LogP contribution in [0.3, 0.4) is 0 Å². The summed E-state index contributed by atoms with van der Waals surface area (Å²) in [5, 5.41) is 12.4. The molecule has 106 valence electrons. The summed E-state index contributed by atoms with van der Waals surface area (Å²) in [7, 11) is 0. The molecular weight excluding hydrogens is 339 g/mol. The Morgan fingerprint density at radius 2 is 1.95 bits per heavy atom. The van der Waals surface area contributed by atoms with Crippen LogP contribution in [-0.4, -0.2) is 23.0 Å². The molecule has 2 aromatic carbocycles. The summed E-state index contributed by atoms with van der Waals surface area (Å²) in [6, 6.07) is 11.2. The minimum absolute atomic E-state index is 0.229. The van der Waals surface area contributed by atoms with Crippen LogP contribution in [0.5, 0.6) is 0 Å². The second-order valence-corrected chi connectivity index (χ2v) is 5.43. The summed E-state index contributed by atoms with van der Waals surface area (Å²) in [6.45, 7) is 0. The van der Waals surface area contributed by atoms with Crippen molar-refractivity contribution in [3.05, 3.63) is 63.9 Å². The molecule has 0 unspecified atom stereocenters. The highest BCUT2D eigenvalue weighted by Crippen LogP contribution is 2.27. The Kier molecular flexibility index (Phi) is 3.57. The number of aliphatic hydroxyl groups excluding tert-OH is 1. The molecule has 1 atom stereocenters. The van der Waals surface area contributed by atoms with Gasteiger partial charge in [-0.3, -0.25) is 4.79 Å². The number of nitrogens with zero attached hydrogens (tertiary/aromatic N) is 1. The van der Waals surface area contributed by atoms with Gasteiger partial charge in [0.25, 0.3) is 5.91 Å². The summed E-state index contributed by atoms with van der Waals surface area (Å²) in [5.74, 6) is -1.12. The van der Waals surface area contributed by atoms with E-state index in [9.17, 15) is 14.3 Å². The Hall–Kier alpha value is -2.05. The molecule has 0 aliphatic carbocycles. The molecule has 4 nitrogen and oxygen atoms in total. The third-order valence-electron chi connectivity index (χ3n) is 3.11. The lowest BCUT2D eigenvalue weighted by molar-refractivity contribution is -0.123. The van der Waals surface area contributed by atoms with Crippen LogP contribution in [0.4, 0.5) is 10.1 Å². The molecule has 0 bridgehead atoms. The normalized spacial score (nSPS) is 17.6. The molecule has 1 aliphatic rings. The molecule has 1 heterocycles. The van der Waals surface area contributed by atoms with Crippen molar-refractivity contribution >= 4 is 33.2 Å². The van der Waals surface area contributed by atoms with Crippen molar-refractivity contribution in [2.75, 3.05) is 5.32 Å². The third-order valence-corrected chi connectivity index (χ3v) is 3.60. The number of benzene rings is 2. The van der Waals surface area contributed by atoms with E-state index in [4.69, 9.17) is 0 Å². The molecule has 21 heavy (non-hydrogen) atoms. The van der Waals surface area contributed by atoms with Gasteiger partial charge in [0.1, 0.15) is 5.82 Å². The number of carbonyl (C=O) groups excluding carboxylic acids is 1. The number of hydrogen-bond acceptors (Lipinski definition) is 3. The highest BCUT2D eigenvalue weighted by atomic mass is 79.9. The van der Waals surface area contributed by atoms with E-state index in [1.165, 1.54) is 6.07 Å². The summed E-state index contributed by atoms with van der Waals surface area (Å²) >= 11 is 3.34. The van der Waals surface area contributed by atoms with Gasteiger partial charge in [-0.15, -0.1) is 0 Å². The van der Waals surface area contributed by atoms with Crippen molar-refractivity contribution in [3.8, 4) is 0 Å². The lowest BCUT2D eigenvalue weighted by Crippen LogP contribution is -2.24. The minimum atomic E-state index is -1.58. The van der Waals surface area contributed by atoms with E-state index < -0.39 is 18.0 Å². The van der Waals surface area contributed by atoms with E-state index >= 15 is 0 Å². The summed E-state index contributed by atoms with van der Waals surface area (Å²) in [6.07, 6.45) is -1.58. The van der Waals surface area contributed by atoms with Crippen LogP contribution < -0.4 is 5.32 Å². The Morgan fingerprint density at radius 1 is 1.19 bits per heavy atom. The van der Waals surface area contributed by atoms with Crippen molar-refractivity contribution in [1.82, 2.24) is 0 Å². The number of amides is 1. The molecule has 3 rings (SSSR count). The van der Waals surface area contributed by atoms with Gasteiger partial charge in [-0.25, -0.2) is 9.38 Å². The molecule has 0 fully saturated rings. The molecule has 6 heteroatoms. The van der Waals surface area contributed by atoms with E-state index in [0.29, 0.717) is 11.3 Å². The third kappa shape index (κ3) is 2.59. The van der Waals surface area contributed by atoms with E-state index in [2.05, 4.69) is 26.2 Å². The minimum Gasteiger partial charge on any atom is -0.364 e. The van der Waals surface area contributed by atoms with Crippen molar-refractivity contribution < 1.29 is 14.3 Å². The van der Waals surface area contributed by atoms with Crippen molar-refractivity contribution in [1.29, 1.82) is 0 Å². The zero-order valence-electron chi connectivity index (χ0n) is 10.7. The van der Waals surface area contributed by atoms with Crippen LogP contribution in [0.15, 0.2) is 51.9 Å². The van der Waals surface area contributed by atoms with Crippen LogP contribution in [0.1, 0.15) is 11.1 Å². The molecule has 0 radical (unpaired) electrons. The first-order valence-electron chi connectivity index (χ1n) is 6.18. The topological polar surface area (TPSA) is 61.7 Å². The molecule has 0 saturated heterocycles. The Bertz CT molecular complexity index is 761. The number of aliphatic hydroxyl groups is 1. The number of rotatable bonds is 1. The monoisotopic (exact) mass is 348 g/mol. The first-order chi connectivity index (χ1) is 10.1. The average Bonchev–Trinajstić information content (AvgIpc) is 2.58. The largest absolute Gasteiger partial charge is 0.364 e. The number of benzodiazepines with no additional fused rings is 1. The Labute approximate surface area is 128 Å². The van der Waals surface area contributed by atoms with Gasteiger partial charge in [-0.2, -0.15) is 0 Å². The quantitative estimate of drug-likeness (QED) is 0.832. The van der Waals surface area contributed by atoms with Gasteiger partial charge in [0, 0.05) is 15.6 Å². The highest BCUT2D eigenvalue weighted by molar-refractivity contribution is 9.10. The smallest absolute Gasteiger partial charge is 0.276 e. The first kappa shape index (κ1) is 13.9. The van der Waals surface area contributed by atoms with Crippen LogP contribution in [0, 0.1) is 5.82 Å². The number of nitrogens with one attached hydrogen (secondary N) is 1. The van der Waals surface area contributed by atoms with Gasteiger partial charge >= 0.3 is 0 Å². The van der Waals surface area contributed by atoms with Crippen LogP contribution in [0.25, 0.3) is 0 Å². The van der Waals surface area contributed by atoms with Crippen molar-refractivity contribution in [3.63, 3.8) is 0 Å². The zero-order chi connectivity index (χ0) is 15.0. The Morgan fingerprint density at radius 3 is 2.71 bits per heavy atom. The molecule has 0 saturated carbocycles. The number of hydrogen-bond donors (Lipinski definition) is 2. The predicted molar refractivity (Wildman–Crippen MR) is 80.8 cm³/mol. The summed E-state index contributed by atoms with van der Waals surface area (Å²) < 4.78 is 14.8. The zero-order valence-corrected chi connectivity index (χ0v) is 12.3. The molecule has 0 aromatic heterocycles. The van der Waals surface area contributed by atoms with Gasteiger partial charge < -0.3 is 10.4 Å². The maximum absolute atomic E-state index is 14.0. The molecule has 1 amide bonds. The number of carbonyl (C=O) groups is 1. The molecule has 0 spiro atoms. The predicted octanol–water partition coefficient (Wildman–Crippen LogP) is 2.70.